The van der Waals surface area contributed by atoms with E-state index >= 15 is 0 Å². The van der Waals surface area contributed by atoms with Crippen molar-refractivity contribution in [3.63, 3.8) is 0 Å². The van der Waals surface area contributed by atoms with E-state index in [2.05, 4.69) is 17.4 Å². The summed E-state index contributed by atoms with van der Waals surface area (Å²) < 4.78 is 16.2. The smallest absolute Gasteiger partial charge is 0.161 e. The van der Waals surface area contributed by atoms with Crippen molar-refractivity contribution in [2.45, 2.75) is 25.8 Å². The van der Waals surface area contributed by atoms with Crippen molar-refractivity contribution in [2.75, 3.05) is 34.0 Å². The fourth-order valence-electron chi connectivity index (χ4n) is 2.09. The van der Waals surface area contributed by atoms with E-state index in [0.29, 0.717) is 0 Å². The molecule has 1 fully saturated rings. The fourth-order valence-corrected chi connectivity index (χ4v) is 2.09. The second-order valence-corrected chi connectivity index (χ2v) is 5.24. The third kappa shape index (κ3) is 5.02. The molecule has 4 heteroatoms. The standard InChI is InChI=1S/C16H25NO3/c1-18-10-8-17-12-14-5-6-15(19-2)16(11-14)20-9-7-13-3-4-13/h5-6,11,13,17H,3-4,7-10,12H2,1-2H3. The van der Waals surface area contributed by atoms with Gasteiger partial charge in [0.2, 0.25) is 0 Å². The van der Waals surface area contributed by atoms with Crippen LogP contribution in [0.3, 0.4) is 0 Å². The first-order chi connectivity index (χ1) is 9.83. The SMILES string of the molecule is COCCNCc1ccc(OC)c(OCCC2CC2)c1. The van der Waals surface area contributed by atoms with Crippen LogP contribution in [0.25, 0.3) is 0 Å². The molecule has 2 rings (SSSR count). The first-order valence-corrected chi connectivity index (χ1v) is 7.33. The maximum absolute atomic E-state index is 5.87. The molecule has 1 aliphatic rings. The number of methoxy groups -OCH3 is 2. The summed E-state index contributed by atoms with van der Waals surface area (Å²) in [5.41, 5.74) is 1.20. The van der Waals surface area contributed by atoms with Crippen LogP contribution in [0, 0.1) is 5.92 Å². The van der Waals surface area contributed by atoms with Crippen LogP contribution in [0.4, 0.5) is 0 Å². The fraction of sp³-hybridized carbons (Fsp3) is 0.625. The van der Waals surface area contributed by atoms with E-state index in [0.717, 1.165) is 50.1 Å². The van der Waals surface area contributed by atoms with Crippen molar-refractivity contribution in [1.82, 2.24) is 5.32 Å². The highest BCUT2D eigenvalue weighted by atomic mass is 16.5. The van der Waals surface area contributed by atoms with Crippen molar-refractivity contribution in [3.05, 3.63) is 23.8 Å². The van der Waals surface area contributed by atoms with E-state index in [4.69, 9.17) is 14.2 Å². The highest BCUT2D eigenvalue weighted by Gasteiger charge is 2.21. The number of rotatable bonds is 10. The topological polar surface area (TPSA) is 39.7 Å². The highest BCUT2D eigenvalue weighted by molar-refractivity contribution is 5.42. The quantitative estimate of drug-likeness (QED) is 0.668. The number of nitrogens with one attached hydrogen (secondary N) is 1. The van der Waals surface area contributed by atoms with Gasteiger partial charge in [0.1, 0.15) is 0 Å². The first kappa shape index (κ1) is 15.1. The van der Waals surface area contributed by atoms with Crippen molar-refractivity contribution < 1.29 is 14.2 Å². The Morgan fingerprint density at radius 1 is 1.15 bits per heavy atom. The van der Waals surface area contributed by atoms with Crippen LogP contribution < -0.4 is 14.8 Å². The summed E-state index contributed by atoms with van der Waals surface area (Å²) in [5.74, 6) is 2.54. The van der Waals surface area contributed by atoms with Gasteiger partial charge in [-0.2, -0.15) is 0 Å². The number of benzene rings is 1. The van der Waals surface area contributed by atoms with Crippen LogP contribution in [0.15, 0.2) is 18.2 Å². The predicted molar refractivity (Wildman–Crippen MR) is 79.4 cm³/mol. The van der Waals surface area contributed by atoms with Gasteiger partial charge >= 0.3 is 0 Å². The number of ether oxygens (including phenoxy) is 3. The summed E-state index contributed by atoms with van der Waals surface area (Å²) in [6.07, 6.45) is 3.88. The van der Waals surface area contributed by atoms with E-state index in [-0.39, 0.29) is 0 Å². The summed E-state index contributed by atoms with van der Waals surface area (Å²) in [5, 5.41) is 3.33. The number of hydrogen-bond acceptors (Lipinski definition) is 4. The minimum absolute atomic E-state index is 0.723. The second-order valence-electron chi connectivity index (χ2n) is 5.24. The molecule has 1 aliphatic carbocycles. The van der Waals surface area contributed by atoms with Crippen molar-refractivity contribution in [1.29, 1.82) is 0 Å². The Balaban J connectivity index is 1.85. The zero-order valence-corrected chi connectivity index (χ0v) is 12.5. The van der Waals surface area contributed by atoms with Gasteiger partial charge in [0.25, 0.3) is 0 Å². The van der Waals surface area contributed by atoms with Gasteiger partial charge in [-0.1, -0.05) is 18.9 Å². The predicted octanol–water partition coefficient (Wildman–Crippen LogP) is 2.61. The Bertz CT molecular complexity index is 405. The Hall–Kier alpha value is -1.26. The molecule has 0 heterocycles. The molecule has 0 saturated heterocycles. The molecule has 4 nitrogen and oxygen atoms in total. The summed E-state index contributed by atoms with van der Waals surface area (Å²) >= 11 is 0. The molecular formula is C16H25NO3. The van der Waals surface area contributed by atoms with Crippen LogP contribution in [0.2, 0.25) is 0 Å². The summed E-state index contributed by atoms with van der Waals surface area (Å²) in [4.78, 5) is 0. The van der Waals surface area contributed by atoms with E-state index in [1.165, 1.54) is 18.4 Å². The van der Waals surface area contributed by atoms with Crippen molar-refractivity contribution >= 4 is 0 Å². The third-order valence-electron chi connectivity index (χ3n) is 3.52. The molecule has 0 radical (unpaired) electrons. The summed E-state index contributed by atoms with van der Waals surface area (Å²) in [6, 6.07) is 6.09. The molecule has 1 aromatic rings. The highest BCUT2D eigenvalue weighted by Crippen LogP contribution is 2.33. The van der Waals surface area contributed by atoms with Crippen molar-refractivity contribution in [2.24, 2.45) is 5.92 Å². The zero-order valence-electron chi connectivity index (χ0n) is 12.5. The van der Waals surface area contributed by atoms with Crippen LogP contribution in [-0.4, -0.2) is 34.0 Å². The average molecular weight is 279 g/mol. The van der Waals surface area contributed by atoms with E-state index < -0.39 is 0 Å². The Kier molecular flexibility index (Phi) is 6.15. The van der Waals surface area contributed by atoms with E-state index in [9.17, 15) is 0 Å². The monoisotopic (exact) mass is 279 g/mol. The maximum Gasteiger partial charge on any atom is 0.161 e. The Morgan fingerprint density at radius 3 is 2.70 bits per heavy atom. The average Bonchev–Trinajstić information content (AvgIpc) is 3.28. The third-order valence-corrected chi connectivity index (χ3v) is 3.52. The summed E-state index contributed by atoms with van der Waals surface area (Å²) in [6.45, 7) is 3.16. The minimum atomic E-state index is 0.723. The molecular weight excluding hydrogens is 254 g/mol. The molecule has 0 atom stereocenters. The van der Waals surface area contributed by atoms with Gasteiger partial charge in [-0.3, -0.25) is 0 Å². The largest absolute Gasteiger partial charge is 0.493 e. The molecule has 0 spiro atoms. The molecule has 0 aromatic heterocycles. The van der Waals surface area contributed by atoms with Gasteiger partial charge in [-0.05, 0) is 30.0 Å². The van der Waals surface area contributed by atoms with Gasteiger partial charge in [0.05, 0.1) is 20.3 Å². The lowest BCUT2D eigenvalue weighted by Crippen LogP contribution is -2.18. The minimum Gasteiger partial charge on any atom is -0.493 e. The van der Waals surface area contributed by atoms with Gasteiger partial charge in [-0.25, -0.2) is 0 Å². The van der Waals surface area contributed by atoms with Crippen LogP contribution in [-0.2, 0) is 11.3 Å². The van der Waals surface area contributed by atoms with Crippen LogP contribution in [0.1, 0.15) is 24.8 Å². The summed E-state index contributed by atoms with van der Waals surface area (Å²) in [7, 11) is 3.39. The van der Waals surface area contributed by atoms with Crippen LogP contribution >= 0.6 is 0 Å². The van der Waals surface area contributed by atoms with Gasteiger partial charge in [0, 0.05) is 20.2 Å². The van der Waals surface area contributed by atoms with E-state index in [1.807, 2.05) is 6.07 Å². The normalized spacial score (nSPS) is 14.3. The molecule has 0 unspecified atom stereocenters. The Morgan fingerprint density at radius 2 is 2.00 bits per heavy atom. The maximum atomic E-state index is 5.87. The van der Waals surface area contributed by atoms with Crippen molar-refractivity contribution in [3.8, 4) is 11.5 Å². The van der Waals surface area contributed by atoms with E-state index in [1.54, 1.807) is 14.2 Å². The molecule has 0 amide bonds. The first-order valence-electron chi connectivity index (χ1n) is 7.33. The number of hydrogen-bond donors (Lipinski definition) is 1. The van der Waals surface area contributed by atoms with Gasteiger partial charge < -0.3 is 19.5 Å². The zero-order chi connectivity index (χ0) is 14.2. The second kappa shape index (κ2) is 8.12. The molecule has 0 aliphatic heterocycles. The molecule has 1 aromatic carbocycles. The van der Waals surface area contributed by atoms with Gasteiger partial charge in [0.15, 0.2) is 11.5 Å². The molecule has 20 heavy (non-hydrogen) atoms. The van der Waals surface area contributed by atoms with Crippen LogP contribution in [0.5, 0.6) is 11.5 Å². The molecule has 0 bridgehead atoms. The molecule has 1 N–H and O–H groups in total. The van der Waals surface area contributed by atoms with Gasteiger partial charge in [-0.15, -0.1) is 0 Å². The Labute approximate surface area is 121 Å². The lowest BCUT2D eigenvalue weighted by molar-refractivity contribution is 0.199. The lowest BCUT2D eigenvalue weighted by atomic mass is 10.2. The lowest BCUT2D eigenvalue weighted by Gasteiger charge is -2.12. The molecule has 1 saturated carbocycles. The molecule has 112 valence electrons.